The fourth-order valence-electron chi connectivity index (χ4n) is 1.95. The molecular formula is C10H18N4. The quantitative estimate of drug-likeness (QED) is 0.749. The van der Waals surface area contributed by atoms with Gasteiger partial charge in [-0.1, -0.05) is 6.92 Å². The summed E-state index contributed by atoms with van der Waals surface area (Å²) in [5, 5.41) is 0. The van der Waals surface area contributed by atoms with Crippen LogP contribution in [0.2, 0.25) is 0 Å². The Morgan fingerprint density at radius 3 is 2.93 bits per heavy atom. The van der Waals surface area contributed by atoms with Crippen molar-refractivity contribution >= 4 is 5.82 Å². The number of hydrogen-bond acceptors (Lipinski definition) is 3. The predicted molar refractivity (Wildman–Crippen MR) is 57.2 cm³/mol. The van der Waals surface area contributed by atoms with Gasteiger partial charge < -0.3 is 15.2 Å². The number of nitrogens with zero attached hydrogens (tertiary/aromatic N) is 3. The van der Waals surface area contributed by atoms with Gasteiger partial charge in [0.25, 0.3) is 0 Å². The molecule has 2 heterocycles. The second-order valence-electron chi connectivity index (χ2n) is 4.58. The van der Waals surface area contributed by atoms with Gasteiger partial charge in [-0.3, -0.25) is 0 Å². The molecule has 1 aliphatic heterocycles. The number of hydrogen-bond donors (Lipinski definition) is 1. The van der Waals surface area contributed by atoms with E-state index in [2.05, 4.69) is 23.0 Å². The minimum absolute atomic E-state index is 0.275. The maximum Gasteiger partial charge on any atom is 0.146 e. The van der Waals surface area contributed by atoms with Crippen molar-refractivity contribution in [2.45, 2.75) is 13.3 Å². The van der Waals surface area contributed by atoms with E-state index in [0.29, 0.717) is 0 Å². The summed E-state index contributed by atoms with van der Waals surface area (Å²) in [6.07, 6.45) is 5.07. The second kappa shape index (κ2) is 3.28. The van der Waals surface area contributed by atoms with Crippen LogP contribution in [0.1, 0.15) is 13.3 Å². The van der Waals surface area contributed by atoms with Gasteiger partial charge in [0.1, 0.15) is 5.82 Å². The van der Waals surface area contributed by atoms with E-state index in [1.807, 2.05) is 17.9 Å². The van der Waals surface area contributed by atoms with Gasteiger partial charge in [-0.05, 0) is 18.4 Å². The van der Waals surface area contributed by atoms with E-state index in [9.17, 15) is 0 Å². The molecule has 0 aliphatic carbocycles. The van der Waals surface area contributed by atoms with E-state index in [1.165, 1.54) is 6.42 Å². The van der Waals surface area contributed by atoms with Gasteiger partial charge in [0.15, 0.2) is 0 Å². The maximum atomic E-state index is 5.76. The fourth-order valence-corrected chi connectivity index (χ4v) is 1.95. The Morgan fingerprint density at radius 1 is 1.64 bits per heavy atom. The van der Waals surface area contributed by atoms with E-state index in [-0.39, 0.29) is 5.41 Å². The molecule has 1 aromatic rings. The van der Waals surface area contributed by atoms with Crippen molar-refractivity contribution in [1.82, 2.24) is 9.55 Å². The average molecular weight is 194 g/mol. The lowest BCUT2D eigenvalue weighted by Crippen LogP contribution is -2.31. The third-order valence-corrected chi connectivity index (χ3v) is 3.07. The lowest BCUT2D eigenvalue weighted by molar-refractivity contribution is 0.383. The van der Waals surface area contributed by atoms with E-state index in [4.69, 9.17) is 5.73 Å². The van der Waals surface area contributed by atoms with Gasteiger partial charge in [0.2, 0.25) is 0 Å². The summed E-state index contributed by atoms with van der Waals surface area (Å²) in [5.74, 6) is 1.07. The van der Waals surface area contributed by atoms with Crippen molar-refractivity contribution < 1.29 is 0 Å². The summed E-state index contributed by atoms with van der Waals surface area (Å²) < 4.78 is 1.98. The molecule has 1 aliphatic rings. The highest BCUT2D eigenvalue weighted by atomic mass is 15.2. The Kier molecular flexibility index (Phi) is 2.23. The molecule has 14 heavy (non-hydrogen) atoms. The maximum absolute atomic E-state index is 5.76. The molecule has 0 bridgehead atoms. The summed E-state index contributed by atoms with van der Waals surface area (Å²) in [4.78, 5) is 6.66. The van der Waals surface area contributed by atoms with Crippen LogP contribution < -0.4 is 10.6 Å². The van der Waals surface area contributed by atoms with E-state index in [0.717, 1.165) is 25.5 Å². The van der Waals surface area contributed by atoms with Crippen molar-refractivity contribution in [1.29, 1.82) is 0 Å². The number of aromatic nitrogens is 2. The van der Waals surface area contributed by atoms with Gasteiger partial charge in [-0.15, -0.1) is 0 Å². The molecule has 1 aromatic heterocycles. The highest BCUT2D eigenvalue weighted by molar-refractivity contribution is 5.38. The first-order chi connectivity index (χ1) is 6.63. The minimum atomic E-state index is 0.275. The molecule has 0 radical (unpaired) electrons. The number of nitrogens with two attached hydrogens (primary N) is 1. The van der Waals surface area contributed by atoms with Crippen molar-refractivity contribution in [2.75, 3.05) is 24.5 Å². The van der Waals surface area contributed by atoms with Crippen LogP contribution in [-0.2, 0) is 7.05 Å². The zero-order chi connectivity index (χ0) is 10.2. The number of aryl methyl sites for hydroxylation is 1. The standard InChI is InChI=1S/C10H18N4/c1-10(6-11)3-4-14(7-10)9-5-13(2)8-12-9/h5,8H,3-4,6-7,11H2,1-2H3. The van der Waals surface area contributed by atoms with Crippen LogP contribution in [0.5, 0.6) is 0 Å². The van der Waals surface area contributed by atoms with E-state index >= 15 is 0 Å². The lowest BCUT2D eigenvalue weighted by atomic mass is 9.90. The molecule has 0 amide bonds. The second-order valence-corrected chi connectivity index (χ2v) is 4.58. The van der Waals surface area contributed by atoms with Gasteiger partial charge in [-0.2, -0.15) is 0 Å². The molecule has 1 atom stereocenters. The van der Waals surface area contributed by atoms with Crippen LogP contribution >= 0.6 is 0 Å². The first-order valence-electron chi connectivity index (χ1n) is 5.06. The Balaban J connectivity index is 2.09. The molecule has 1 saturated heterocycles. The summed E-state index contributed by atoms with van der Waals surface area (Å²) in [7, 11) is 1.99. The Labute approximate surface area is 84.7 Å². The molecule has 0 spiro atoms. The molecule has 0 aromatic carbocycles. The van der Waals surface area contributed by atoms with Gasteiger partial charge in [0.05, 0.1) is 6.33 Å². The average Bonchev–Trinajstić information content (AvgIpc) is 2.73. The monoisotopic (exact) mass is 194 g/mol. The van der Waals surface area contributed by atoms with Gasteiger partial charge in [-0.25, -0.2) is 4.98 Å². The topological polar surface area (TPSA) is 47.1 Å². The number of anilines is 1. The Morgan fingerprint density at radius 2 is 2.43 bits per heavy atom. The third-order valence-electron chi connectivity index (χ3n) is 3.07. The molecule has 4 heteroatoms. The van der Waals surface area contributed by atoms with Crippen molar-refractivity contribution in [2.24, 2.45) is 18.2 Å². The van der Waals surface area contributed by atoms with Gasteiger partial charge in [0, 0.05) is 26.3 Å². The zero-order valence-electron chi connectivity index (χ0n) is 8.90. The predicted octanol–water partition coefficient (Wildman–Crippen LogP) is 0.595. The lowest BCUT2D eigenvalue weighted by Gasteiger charge is -2.22. The first kappa shape index (κ1) is 9.52. The summed E-state index contributed by atoms with van der Waals surface area (Å²) in [5.41, 5.74) is 6.04. The van der Waals surface area contributed by atoms with Crippen LogP contribution in [0.4, 0.5) is 5.82 Å². The smallest absolute Gasteiger partial charge is 0.146 e. The first-order valence-corrected chi connectivity index (χ1v) is 5.06. The molecule has 1 unspecified atom stereocenters. The van der Waals surface area contributed by atoms with Crippen molar-refractivity contribution in [3.05, 3.63) is 12.5 Å². The van der Waals surface area contributed by atoms with Crippen molar-refractivity contribution in [3.8, 4) is 0 Å². The fraction of sp³-hybridized carbons (Fsp3) is 0.700. The number of imidazole rings is 1. The van der Waals surface area contributed by atoms with Crippen LogP contribution in [0.15, 0.2) is 12.5 Å². The van der Waals surface area contributed by atoms with Crippen LogP contribution in [-0.4, -0.2) is 29.2 Å². The van der Waals surface area contributed by atoms with Crippen LogP contribution in [0.3, 0.4) is 0 Å². The zero-order valence-corrected chi connectivity index (χ0v) is 8.90. The van der Waals surface area contributed by atoms with E-state index < -0.39 is 0 Å². The normalized spacial score (nSPS) is 27.2. The van der Waals surface area contributed by atoms with Crippen LogP contribution in [0.25, 0.3) is 0 Å². The molecule has 78 valence electrons. The summed E-state index contributed by atoms with van der Waals surface area (Å²) in [6.45, 7) is 5.11. The van der Waals surface area contributed by atoms with Crippen LogP contribution in [0, 0.1) is 5.41 Å². The molecule has 2 rings (SSSR count). The minimum Gasteiger partial charge on any atom is -0.355 e. The third kappa shape index (κ3) is 1.62. The van der Waals surface area contributed by atoms with Gasteiger partial charge >= 0.3 is 0 Å². The molecule has 2 N–H and O–H groups in total. The highest BCUT2D eigenvalue weighted by Crippen LogP contribution is 2.31. The van der Waals surface area contributed by atoms with Crippen molar-refractivity contribution in [3.63, 3.8) is 0 Å². The molecule has 1 fully saturated rings. The number of rotatable bonds is 2. The Hall–Kier alpha value is -1.03. The highest BCUT2D eigenvalue weighted by Gasteiger charge is 2.33. The summed E-state index contributed by atoms with van der Waals surface area (Å²) in [6, 6.07) is 0. The molecule has 0 saturated carbocycles. The largest absolute Gasteiger partial charge is 0.355 e. The summed E-state index contributed by atoms with van der Waals surface area (Å²) >= 11 is 0. The van der Waals surface area contributed by atoms with E-state index in [1.54, 1.807) is 0 Å². The SMILES string of the molecule is Cn1cnc(N2CCC(C)(CN)C2)c1. The molecule has 4 nitrogen and oxygen atoms in total. The Bertz CT molecular complexity index is 320. The molecular weight excluding hydrogens is 176 g/mol.